The molecule has 1 atom stereocenters. The lowest BCUT2D eigenvalue weighted by Crippen LogP contribution is -2.38. The first-order valence-corrected chi connectivity index (χ1v) is 14.1. The zero-order valence-corrected chi connectivity index (χ0v) is 22.5. The van der Waals surface area contributed by atoms with Gasteiger partial charge in [0.2, 0.25) is 0 Å². The molecule has 0 N–H and O–H groups in total. The maximum Gasteiger partial charge on any atom is 0.271 e. The average Bonchev–Trinajstić information content (AvgIpc) is 3.26. The number of methoxy groups -OCH3 is 2. The number of nitrogens with zero attached hydrogens (tertiary/aromatic N) is 2. The molecule has 0 radical (unpaired) electrons. The molecule has 0 saturated carbocycles. The predicted octanol–water partition coefficient (Wildman–Crippen LogP) is 5.06. The predicted molar refractivity (Wildman–Crippen MR) is 151 cm³/mol. The van der Waals surface area contributed by atoms with Gasteiger partial charge in [-0.25, -0.2) is 4.99 Å². The third-order valence-electron chi connectivity index (χ3n) is 7.03. The van der Waals surface area contributed by atoms with Crippen LogP contribution in [0.3, 0.4) is 0 Å². The smallest absolute Gasteiger partial charge is 0.271 e. The van der Waals surface area contributed by atoms with E-state index >= 15 is 0 Å². The summed E-state index contributed by atoms with van der Waals surface area (Å²) in [5.41, 5.74) is 6.54. The molecular formula is C30H26N2O3S2. The fourth-order valence-corrected chi connectivity index (χ4v) is 6.60. The Bertz CT molecular complexity index is 1710. The van der Waals surface area contributed by atoms with Crippen molar-refractivity contribution in [2.24, 2.45) is 4.99 Å². The summed E-state index contributed by atoms with van der Waals surface area (Å²) in [6.45, 7) is 0. The van der Waals surface area contributed by atoms with Crippen molar-refractivity contribution in [2.75, 3.05) is 20.5 Å². The number of thioether (sulfide) groups is 1. The lowest BCUT2D eigenvalue weighted by Gasteiger charge is -2.30. The van der Waals surface area contributed by atoms with E-state index in [-0.39, 0.29) is 11.6 Å². The van der Waals surface area contributed by atoms with Gasteiger partial charge in [-0.15, -0.1) is 11.8 Å². The molecule has 6 rings (SSSR count). The Morgan fingerprint density at radius 3 is 2.59 bits per heavy atom. The van der Waals surface area contributed by atoms with Crippen molar-refractivity contribution in [2.45, 2.75) is 23.8 Å². The van der Waals surface area contributed by atoms with E-state index in [0.29, 0.717) is 20.8 Å². The number of fused-ring (bicyclic) bond motifs is 3. The topological polar surface area (TPSA) is 52.8 Å². The van der Waals surface area contributed by atoms with Crippen molar-refractivity contribution < 1.29 is 9.47 Å². The monoisotopic (exact) mass is 526 g/mol. The summed E-state index contributed by atoms with van der Waals surface area (Å²) in [6, 6.07) is 22.4. The summed E-state index contributed by atoms with van der Waals surface area (Å²) in [5.74, 6) is 1.39. The van der Waals surface area contributed by atoms with Crippen molar-refractivity contribution in [3.05, 3.63) is 114 Å². The second kappa shape index (κ2) is 9.72. The van der Waals surface area contributed by atoms with Crippen LogP contribution in [0.25, 0.3) is 11.8 Å². The number of allylic oxidation sites excluding steroid dienone is 1. The van der Waals surface area contributed by atoms with E-state index in [1.54, 1.807) is 26.0 Å². The third kappa shape index (κ3) is 4.12. The molecule has 5 nitrogen and oxygen atoms in total. The van der Waals surface area contributed by atoms with Gasteiger partial charge in [0.1, 0.15) is 11.5 Å². The van der Waals surface area contributed by atoms with Gasteiger partial charge in [-0.05, 0) is 72.2 Å². The van der Waals surface area contributed by atoms with Crippen molar-refractivity contribution in [1.29, 1.82) is 0 Å². The highest BCUT2D eigenvalue weighted by Crippen LogP contribution is 2.41. The second-order valence-electron chi connectivity index (χ2n) is 8.99. The number of aromatic nitrogens is 1. The Morgan fingerprint density at radius 2 is 1.84 bits per heavy atom. The Balaban J connectivity index is 1.60. The second-order valence-corrected chi connectivity index (χ2v) is 10.9. The summed E-state index contributed by atoms with van der Waals surface area (Å²) in [5, 5.41) is 0. The van der Waals surface area contributed by atoms with E-state index in [1.807, 2.05) is 28.8 Å². The van der Waals surface area contributed by atoms with Gasteiger partial charge in [0.15, 0.2) is 4.80 Å². The van der Waals surface area contributed by atoms with Crippen LogP contribution < -0.4 is 24.4 Å². The molecule has 0 fully saturated rings. The first-order chi connectivity index (χ1) is 18.1. The van der Waals surface area contributed by atoms with Gasteiger partial charge in [-0.3, -0.25) is 9.36 Å². The van der Waals surface area contributed by atoms with Crippen LogP contribution in [-0.4, -0.2) is 25.0 Å². The van der Waals surface area contributed by atoms with E-state index < -0.39 is 0 Å². The molecule has 1 aromatic heterocycles. The van der Waals surface area contributed by atoms with Crippen molar-refractivity contribution in [3.8, 4) is 11.5 Å². The molecule has 1 aliphatic heterocycles. The molecule has 186 valence electrons. The van der Waals surface area contributed by atoms with Crippen LogP contribution in [-0.2, 0) is 6.42 Å². The molecule has 1 aliphatic carbocycles. The first-order valence-electron chi connectivity index (χ1n) is 12.1. The van der Waals surface area contributed by atoms with Crippen LogP contribution in [0.1, 0.15) is 34.7 Å². The minimum atomic E-state index is -0.190. The fourth-order valence-electron chi connectivity index (χ4n) is 5.20. The number of thiazole rings is 1. The first kappa shape index (κ1) is 23.8. The molecule has 0 bridgehead atoms. The quantitative estimate of drug-likeness (QED) is 0.341. The zero-order valence-electron chi connectivity index (χ0n) is 20.9. The minimum Gasteiger partial charge on any atom is -0.497 e. The lowest BCUT2D eigenvalue weighted by molar-refractivity contribution is 0.402. The molecule has 37 heavy (non-hydrogen) atoms. The molecular weight excluding hydrogens is 500 g/mol. The number of ether oxygens (including phenoxy) is 2. The molecule has 0 saturated heterocycles. The molecule has 0 amide bonds. The Morgan fingerprint density at radius 1 is 1.03 bits per heavy atom. The molecule has 4 aromatic rings. The fraction of sp³-hybridized carbons (Fsp3) is 0.200. The molecule has 7 heteroatoms. The van der Waals surface area contributed by atoms with Gasteiger partial charge in [0.05, 0.1) is 30.5 Å². The van der Waals surface area contributed by atoms with Gasteiger partial charge in [-0.2, -0.15) is 0 Å². The van der Waals surface area contributed by atoms with E-state index in [0.717, 1.165) is 29.7 Å². The number of hydrogen-bond acceptors (Lipinski definition) is 6. The number of benzene rings is 3. The van der Waals surface area contributed by atoms with Gasteiger partial charge < -0.3 is 9.47 Å². The summed E-state index contributed by atoms with van der Waals surface area (Å²) in [6.07, 6.45) is 5.77. The number of aryl methyl sites for hydroxylation is 1. The van der Waals surface area contributed by atoms with E-state index in [4.69, 9.17) is 14.5 Å². The van der Waals surface area contributed by atoms with Crippen LogP contribution in [0.2, 0.25) is 0 Å². The summed E-state index contributed by atoms with van der Waals surface area (Å²) in [7, 11) is 3.26. The Hall–Kier alpha value is -3.55. The Kier molecular flexibility index (Phi) is 6.26. The number of hydrogen-bond donors (Lipinski definition) is 0. The summed E-state index contributed by atoms with van der Waals surface area (Å²) in [4.78, 5) is 21.0. The van der Waals surface area contributed by atoms with Crippen molar-refractivity contribution >= 4 is 34.9 Å². The normalized spacial score (nSPS) is 16.5. The van der Waals surface area contributed by atoms with E-state index in [1.165, 1.54) is 32.9 Å². The summed E-state index contributed by atoms with van der Waals surface area (Å²) < 4.78 is 13.5. The summed E-state index contributed by atoms with van der Waals surface area (Å²) >= 11 is 3.13. The third-order valence-corrected chi connectivity index (χ3v) is 8.75. The molecule has 3 aromatic carbocycles. The van der Waals surface area contributed by atoms with Crippen LogP contribution in [0.4, 0.5) is 0 Å². The van der Waals surface area contributed by atoms with E-state index in [9.17, 15) is 4.79 Å². The van der Waals surface area contributed by atoms with Crippen molar-refractivity contribution in [3.63, 3.8) is 0 Å². The SMILES string of the molecule is COc1ccc(OC)c(C=c2sc3n(c2=O)C(c2ccc(SC)cc2)C2=C(N=3)c3ccccc3CC2)c1. The highest BCUT2D eigenvalue weighted by molar-refractivity contribution is 7.98. The van der Waals surface area contributed by atoms with Crippen LogP contribution in [0, 0.1) is 0 Å². The zero-order chi connectivity index (χ0) is 25.5. The largest absolute Gasteiger partial charge is 0.497 e. The van der Waals surface area contributed by atoms with Crippen LogP contribution in [0.5, 0.6) is 11.5 Å². The Labute approximate surface area is 223 Å². The van der Waals surface area contributed by atoms with Gasteiger partial charge in [0.25, 0.3) is 5.56 Å². The van der Waals surface area contributed by atoms with Crippen LogP contribution in [0.15, 0.2) is 87.0 Å². The maximum absolute atomic E-state index is 14.0. The standard InChI is InChI=1S/C30H26N2O3S2/c1-34-21-11-15-25(35-2)20(16-21)17-26-29(33)32-28(19-8-12-22(36-3)13-9-19)24-14-10-18-6-4-5-7-23(18)27(24)31-30(32)37-26/h4-9,11-13,15-17,28H,10,14H2,1-3H3. The average molecular weight is 527 g/mol. The lowest BCUT2D eigenvalue weighted by atomic mass is 9.83. The number of rotatable bonds is 5. The highest BCUT2D eigenvalue weighted by Gasteiger charge is 2.32. The van der Waals surface area contributed by atoms with Gasteiger partial charge >= 0.3 is 0 Å². The molecule has 2 heterocycles. The van der Waals surface area contributed by atoms with E-state index in [2.05, 4.69) is 54.8 Å². The molecule has 2 aliphatic rings. The minimum absolute atomic E-state index is 0.0435. The van der Waals surface area contributed by atoms with Crippen LogP contribution >= 0.6 is 23.1 Å². The van der Waals surface area contributed by atoms with Gasteiger partial charge in [-0.1, -0.05) is 47.7 Å². The molecule has 1 unspecified atom stereocenters. The van der Waals surface area contributed by atoms with Crippen molar-refractivity contribution in [1.82, 2.24) is 4.57 Å². The van der Waals surface area contributed by atoms with Gasteiger partial charge in [0, 0.05) is 16.0 Å². The highest BCUT2D eigenvalue weighted by atomic mass is 32.2. The maximum atomic E-state index is 14.0. The molecule has 0 spiro atoms.